The van der Waals surface area contributed by atoms with Gasteiger partial charge in [-0.05, 0) is 73.0 Å². The highest BCUT2D eigenvalue weighted by molar-refractivity contribution is 9.10. The van der Waals surface area contributed by atoms with E-state index in [2.05, 4.69) is 45.3 Å². The number of fused-ring (bicyclic) bond motifs is 1. The fourth-order valence-electron chi connectivity index (χ4n) is 3.11. The van der Waals surface area contributed by atoms with Crippen molar-refractivity contribution in [2.24, 2.45) is 0 Å². The third-order valence-electron chi connectivity index (χ3n) is 4.71. The average molecular weight is 415 g/mol. The number of aromatic nitrogens is 1. The Kier molecular flexibility index (Phi) is 6.75. The molecule has 0 fully saturated rings. The first-order valence-corrected chi connectivity index (χ1v) is 9.91. The van der Waals surface area contributed by atoms with Crippen molar-refractivity contribution < 1.29 is 4.39 Å². The molecule has 26 heavy (non-hydrogen) atoms. The van der Waals surface area contributed by atoms with Gasteiger partial charge in [0.25, 0.3) is 0 Å². The van der Waals surface area contributed by atoms with E-state index in [1.54, 1.807) is 0 Å². The second-order valence-electron chi connectivity index (χ2n) is 6.82. The molecule has 2 aromatic carbocycles. The Balaban J connectivity index is 1.43. The summed E-state index contributed by atoms with van der Waals surface area (Å²) in [6, 6.07) is 13.7. The maximum absolute atomic E-state index is 12.9. The Bertz CT molecular complexity index is 848. The number of unbranched alkanes of at least 4 members (excludes halogenated alkanes) is 1. The van der Waals surface area contributed by atoms with Crippen molar-refractivity contribution in [1.29, 1.82) is 0 Å². The van der Waals surface area contributed by atoms with E-state index in [0.29, 0.717) is 6.04 Å². The highest BCUT2D eigenvalue weighted by Gasteiger charge is 2.06. The van der Waals surface area contributed by atoms with Crippen molar-refractivity contribution in [1.82, 2.24) is 10.3 Å². The maximum atomic E-state index is 12.9. The van der Waals surface area contributed by atoms with Crippen LogP contribution >= 0.6 is 15.9 Å². The number of benzene rings is 2. The van der Waals surface area contributed by atoms with Crippen LogP contribution in [0.3, 0.4) is 0 Å². The molecule has 0 unspecified atom stereocenters. The van der Waals surface area contributed by atoms with Gasteiger partial charge in [-0.2, -0.15) is 0 Å². The van der Waals surface area contributed by atoms with Crippen LogP contribution in [0.5, 0.6) is 0 Å². The summed E-state index contributed by atoms with van der Waals surface area (Å²) in [6.45, 7) is 3.08. The SMILES string of the molecule is C[C@H](CCCCc1ccc(F)cc1)NCc1cc2ccncc2cc1Br. The van der Waals surface area contributed by atoms with Crippen molar-refractivity contribution >= 4 is 26.7 Å². The minimum Gasteiger partial charge on any atom is -0.310 e. The molecule has 1 heterocycles. The Morgan fingerprint density at radius 3 is 2.69 bits per heavy atom. The van der Waals surface area contributed by atoms with E-state index in [0.717, 1.165) is 42.1 Å². The normalized spacial score (nSPS) is 12.4. The number of aryl methyl sites for hydroxylation is 1. The predicted octanol–water partition coefficient (Wildman–Crippen LogP) is 6.03. The molecule has 0 bridgehead atoms. The van der Waals surface area contributed by atoms with Crippen LogP contribution in [0.2, 0.25) is 0 Å². The molecule has 0 amide bonds. The Morgan fingerprint density at radius 1 is 1.08 bits per heavy atom. The van der Waals surface area contributed by atoms with Gasteiger partial charge in [-0.1, -0.05) is 34.5 Å². The van der Waals surface area contributed by atoms with Crippen LogP contribution in [-0.2, 0) is 13.0 Å². The first-order valence-electron chi connectivity index (χ1n) is 9.12. The van der Waals surface area contributed by atoms with Gasteiger partial charge in [0.1, 0.15) is 5.82 Å². The fraction of sp³-hybridized carbons (Fsp3) is 0.318. The zero-order valence-electron chi connectivity index (χ0n) is 15.0. The monoisotopic (exact) mass is 414 g/mol. The third-order valence-corrected chi connectivity index (χ3v) is 5.45. The second-order valence-corrected chi connectivity index (χ2v) is 7.67. The lowest BCUT2D eigenvalue weighted by atomic mass is 10.0. The van der Waals surface area contributed by atoms with Crippen LogP contribution in [0, 0.1) is 5.82 Å². The lowest BCUT2D eigenvalue weighted by molar-refractivity contribution is 0.488. The average Bonchev–Trinajstić information content (AvgIpc) is 2.65. The van der Waals surface area contributed by atoms with Crippen molar-refractivity contribution in [2.45, 2.75) is 45.2 Å². The molecule has 0 aliphatic carbocycles. The number of pyridine rings is 1. The standard InChI is InChI=1S/C22H24BrFN2/c1-16(4-2-3-5-17-6-8-21(24)9-7-17)26-15-20-12-18-10-11-25-14-19(18)13-22(20)23/h6-14,16,26H,2-5,15H2,1H3/t16-/m1/s1. The van der Waals surface area contributed by atoms with Crippen LogP contribution in [0.4, 0.5) is 4.39 Å². The summed E-state index contributed by atoms with van der Waals surface area (Å²) < 4.78 is 14.0. The number of halogens is 2. The first kappa shape index (κ1) is 19.0. The lowest BCUT2D eigenvalue weighted by Gasteiger charge is -2.15. The van der Waals surface area contributed by atoms with E-state index < -0.39 is 0 Å². The maximum Gasteiger partial charge on any atom is 0.123 e. The summed E-state index contributed by atoms with van der Waals surface area (Å²) in [4.78, 5) is 4.17. The van der Waals surface area contributed by atoms with E-state index >= 15 is 0 Å². The molecule has 0 spiro atoms. The van der Waals surface area contributed by atoms with Gasteiger partial charge in [0.15, 0.2) is 0 Å². The molecule has 0 saturated carbocycles. The van der Waals surface area contributed by atoms with E-state index in [9.17, 15) is 4.39 Å². The van der Waals surface area contributed by atoms with Crippen LogP contribution in [0.1, 0.15) is 37.3 Å². The summed E-state index contributed by atoms with van der Waals surface area (Å²) in [7, 11) is 0. The van der Waals surface area contributed by atoms with Gasteiger partial charge in [-0.15, -0.1) is 0 Å². The van der Waals surface area contributed by atoms with Gasteiger partial charge < -0.3 is 5.32 Å². The Morgan fingerprint density at radius 2 is 1.88 bits per heavy atom. The van der Waals surface area contributed by atoms with Crippen LogP contribution in [-0.4, -0.2) is 11.0 Å². The smallest absolute Gasteiger partial charge is 0.123 e. The molecule has 0 aliphatic rings. The van der Waals surface area contributed by atoms with Crippen molar-refractivity contribution in [3.8, 4) is 0 Å². The van der Waals surface area contributed by atoms with Gasteiger partial charge in [-0.3, -0.25) is 4.98 Å². The zero-order valence-corrected chi connectivity index (χ0v) is 16.6. The van der Waals surface area contributed by atoms with E-state index in [-0.39, 0.29) is 5.82 Å². The predicted molar refractivity (Wildman–Crippen MR) is 110 cm³/mol. The summed E-state index contributed by atoms with van der Waals surface area (Å²) in [5, 5.41) is 5.98. The minimum atomic E-state index is -0.164. The second kappa shape index (κ2) is 9.24. The zero-order chi connectivity index (χ0) is 18.4. The molecular formula is C22H24BrFN2. The topological polar surface area (TPSA) is 24.9 Å². The summed E-state index contributed by atoms with van der Waals surface area (Å²) in [6.07, 6.45) is 8.16. The molecule has 0 saturated heterocycles. The van der Waals surface area contributed by atoms with E-state index in [4.69, 9.17) is 0 Å². The molecule has 3 aromatic rings. The summed E-state index contributed by atoms with van der Waals surface area (Å²) >= 11 is 3.67. The highest BCUT2D eigenvalue weighted by atomic mass is 79.9. The Labute approximate surface area is 163 Å². The largest absolute Gasteiger partial charge is 0.310 e. The van der Waals surface area contributed by atoms with Crippen LogP contribution in [0.25, 0.3) is 10.8 Å². The summed E-state index contributed by atoms with van der Waals surface area (Å²) in [5.74, 6) is -0.164. The van der Waals surface area contributed by atoms with E-state index in [1.807, 2.05) is 30.6 Å². The lowest BCUT2D eigenvalue weighted by Crippen LogP contribution is -2.25. The summed E-state index contributed by atoms with van der Waals surface area (Å²) in [5.41, 5.74) is 2.48. The van der Waals surface area contributed by atoms with Gasteiger partial charge >= 0.3 is 0 Å². The first-order chi connectivity index (χ1) is 12.6. The van der Waals surface area contributed by atoms with Crippen molar-refractivity contribution in [3.63, 3.8) is 0 Å². The molecule has 2 nitrogen and oxygen atoms in total. The number of hydrogen-bond donors (Lipinski definition) is 1. The molecule has 1 N–H and O–H groups in total. The van der Waals surface area contributed by atoms with E-state index in [1.165, 1.54) is 28.6 Å². The molecule has 3 rings (SSSR count). The quantitative estimate of drug-likeness (QED) is 0.455. The number of rotatable bonds is 8. The number of nitrogens with one attached hydrogen (secondary N) is 1. The van der Waals surface area contributed by atoms with Crippen LogP contribution < -0.4 is 5.32 Å². The minimum absolute atomic E-state index is 0.164. The van der Waals surface area contributed by atoms with Gasteiger partial charge in [0.05, 0.1) is 0 Å². The van der Waals surface area contributed by atoms with Gasteiger partial charge in [0.2, 0.25) is 0 Å². The highest BCUT2D eigenvalue weighted by Crippen LogP contribution is 2.24. The van der Waals surface area contributed by atoms with Crippen molar-refractivity contribution in [3.05, 3.63) is 76.3 Å². The molecule has 4 heteroatoms. The molecule has 1 atom stereocenters. The molecule has 0 radical (unpaired) electrons. The van der Waals surface area contributed by atoms with Crippen molar-refractivity contribution in [2.75, 3.05) is 0 Å². The molecule has 1 aromatic heterocycles. The van der Waals surface area contributed by atoms with Gasteiger partial charge in [-0.25, -0.2) is 4.39 Å². The third kappa shape index (κ3) is 5.36. The molecular weight excluding hydrogens is 391 g/mol. The molecule has 136 valence electrons. The fourth-order valence-corrected chi connectivity index (χ4v) is 3.61. The Hall–Kier alpha value is -1.78. The molecule has 0 aliphatic heterocycles. The van der Waals surface area contributed by atoms with Crippen LogP contribution in [0.15, 0.2) is 59.3 Å². The number of hydrogen-bond acceptors (Lipinski definition) is 2. The van der Waals surface area contributed by atoms with Gasteiger partial charge in [0, 0.05) is 34.8 Å². The number of nitrogens with zero attached hydrogens (tertiary/aromatic N) is 1.